The first kappa shape index (κ1) is 21.4. The highest BCUT2D eigenvalue weighted by atomic mass is 35.5. The van der Waals surface area contributed by atoms with E-state index in [2.05, 4.69) is 20.5 Å². The first-order valence-electron chi connectivity index (χ1n) is 9.03. The first-order valence-corrected chi connectivity index (χ1v) is 9.41. The Bertz CT molecular complexity index is 1270. The summed E-state index contributed by atoms with van der Waals surface area (Å²) < 4.78 is 46.9. The van der Waals surface area contributed by atoms with Crippen LogP contribution in [0.1, 0.15) is 16.1 Å². The summed E-state index contributed by atoms with van der Waals surface area (Å²) >= 11 is 6.07. The third-order valence-electron chi connectivity index (χ3n) is 4.43. The van der Waals surface area contributed by atoms with Crippen molar-refractivity contribution in [3.8, 4) is 17.1 Å². The molecule has 8 nitrogen and oxygen atoms in total. The number of hydrogen-bond donors (Lipinski definition) is 1. The molecule has 4 rings (SSSR count). The molecular formula is C20H14ClF3N6O2. The molecule has 0 aliphatic rings. The molecule has 0 bridgehead atoms. The van der Waals surface area contributed by atoms with Crippen molar-refractivity contribution in [3.63, 3.8) is 0 Å². The van der Waals surface area contributed by atoms with Gasteiger partial charge < -0.3 is 10.1 Å². The van der Waals surface area contributed by atoms with Gasteiger partial charge in [-0.3, -0.25) is 4.79 Å². The lowest BCUT2D eigenvalue weighted by atomic mass is 10.2. The number of halogens is 4. The lowest BCUT2D eigenvalue weighted by Gasteiger charge is -2.11. The normalized spacial score (nSPS) is 11.4. The number of carbonyl (C=O) groups excluding carboxylic acids is 1. The molecule has 4 aromatic rings. The number of alkyl halides is 3. The van der Waals surface area contributed by atoms with E-state index in [9.17, 15) is 18.0 Å². The minimum Gasteiger partial charge on any atom is -0.493 e. The predicted molar refractivity (Wildman–Crippen MR) is 109 cm³/mol. The largest absolute Gasteiger partial charge is 0.493 e. The van der Waals surface area contributed by atoms with Gasteiger partial charge in [-0.2, -0.15) is 23.4 Å². The number of anilines is 1. The minimum atomic E-state index is -4.52. The quantitative estimate of drug-likeness (QED) is 0.475. The van der Waals surface area contributed by atoms with Crippen LogP contribution in [0, 0.1) is 0 Å². The number of ether oxygens (including phenoxy) is 1. The summed E-state index contributed by atoms with van der Waals surface area (Å²) in [5.41, 5.74) is -0.0373. The van der Waals surface area contributed by atoms with Crippen LogP contribution in [0.4, 0.5) is 18.9 Å². The molecule has 1 amide bonds. The molecular weight excluding hydrogens is 449 g/mol. The zero-order chi connectivity index (χ0) is 22.9. The zero-order valence-corrected chi connectivity index (χ0v) is 17.1. The monoisotopic (exact) mass is 462 g/mol. The summed E-state index contributed by atoms with van der Waals surface area (Å²) in [5, 5.41) is 11.2. The Hall–Kier alpha value is -3.86. The molecule has 2 aromatic heterocycles. The van der Waals surface area contributed by atoms with E-state index in [-0.39, 0.29) is 17.1 Å². The van der Waals surface area contributed by atoms with E-state index in [1.54, 1.807) is 12.1 Å². The minimum absolute atomic E-state index is 0.0734. The molecule has 12 heteroatoms. The van der Waals surface area contributed by atoms with Crippen LogP contribution >= 0.6 is 11.6 Å². The van der Waals surface area contributed by atoms with Crippen molar-refractivity contribution in [1.29, 1.82) is 0 Å². The highest BCUT2D eigenvalue weighted by Crippen LogP contribution is 2.31. The summed E-state index contributed by atoms with van der Waals surface area (Å²) in [6, 6.07) is 9.34. The van der Waals surface area contributed by atoms with Crippen LogP contribution in [0.3, 0.4) is 0 Å². The molecule has 2 heterocycles. The summed E-state index contributed by atoms with van der Waals surface area (Å²) in [4.78, 5) is 16.8. The van der Waals surface area contributed by atoms with E-state index in [0.29, 0.717) is 16.4 Å². The van der Waals surface area contributed by atoms with Crippen LogP contribution in [0.5, 0.6) is 5.75 Å². The van der Waals surface area contributed by atoms with Crippen molar-refractivity contribution in [2.24, 2.45) is 0 Å². The molecule has 0 atom stereocenters. The van der Waals surface area contributed by atoms with Crippen molar-refractivity contribution in [2.45, 2.75) is 6.18 Å². The Balaban J connectivity index is 1.68. The maximum Gasteiger partial charge on any atom is 0.416 e. The second-order valence-corrected chi connectivity index (χ2v) is 6.93. The average molecular weight is 463 g/mol. The lowest BCUT2D eigenvalue weighted by Crippen LogP contribution is -2.16. The number of aromatic nitrogens is 5. The lowest BCUT2D eigenvalue weighted by molar-refractivity contribution is -0.137. The number of carbonyl (C=O) groups is 1. The summed E-state index contributed by atoms with van der Waals surface area (Å²) in [6.45, 7) is 0. The Kier molecular flexibility index (Phi) is 5.57. The zero-order valence-electron chi connectivity index (χ0n) is 16.3. The van der Waals surface area contributed by atoms with E-state index in [1.165, 1.54) is 48.8 Å². The molecule has 0 spiro atoms. The average Bonchev–Trinajstić information content (AvgIpc) is 3.43. The van der Waals surface area contributed by atoms with E-state index in [0.717, 1.165) is 16.8 Å². The second kappa shape index (κ2) is 8.35. The summed E-state index contributed by atoms with van der Waals surface area (Å²) in [7, 11) is 1.32. The van der Waals surface area contributed by atoms with Crippen molar-refractivity contribution >= 4 is 23.2 Å². The van der Waals surface area contributed by atoms with Gasteiger partial charge in [-0.1, -0.05) is 17.7 Å². The predicted octanol–water partition coefficient (Wildman–Crippen LogP) is 4.39. The van der Waals surface area contributed by atoms with Crippen molar-refractivity contribution in [2.75, 3.05) is 12.4 Å². The van der Waals surface area contributed by atoms with E-state index >= 15 is 0 Å². The molecule has 2 aromatic carbocycles. The van der Waals surface area contributed by atoms with Crippen LogP contribution in [0.2, 0.25) is 5.02 Å². The SMILES string of the molecule is COc1cn(-c2cccc(C(F)(F)F)c2)nc1C(=O)Nc1cc(Cl)ccc1-n1cncn1. The fourth-order valence-electron chi connectivity index (χ4n) is 2.94. The fourth-order valence-corrected chi connectivity index (χ4v) is 3.12. The topological polar surface area (TPSA) is 86.9 Å². The van der Waals surface area contributed by atoms with Crippen LogP contribution < -0.4 is 10.1 Å². The van der Waals surface area contributed by atoms with Crippen LogP contribution in [-0.2, 0) is 6.18 Å². The molecule has 0 saturated heterocycles. The molecule has 0 aliphatic heterocycles. The van der Waals surface area contributed by atoms with Crippen molar-refractivity contribution in [1.82, 2.24) is 24.5 Å². The number of amides is 1. The van der Waals surface area contributed by atoms with Gasteiger partial charge in [-0.05, 0) is 36.4 Å². The molecule has 32 heavy (non-hydrogen) atoms. The number of rotatable bonds is 5. The van der Waals surface area contributed by atoms with Crippen molar-refractivity contribution < 1.29 is 22.7 Å². The molecule has 0 saturated carbocycles. The van der Waals surface area contributed by atoms with Gasteiger partial charge in [0.15, 0.2) is 11.4 Å². The van der Waals surface area contributed by atoms with E-state index < -0.39 is 17.6 Å². The molecule has 0 unspecified atom stereocenters. The van der Waals surface area contributed by atoms with Gasteiger partial charge in [0.2, 0.25) is 0 Å². The van der Waals surface area contributed by atoms with Gasteiger partial charge in [-0.15, -0.1) is 0 Å². The molecule has 0 radical (unpaired) electrons. The van der Waals surface area contributed by atoms with Gasteiger partial charge in [0, 0.05) is 5.02 Å². The molecule has 0 aliphatic carbocycles. The highest BCUT2D eigenvalue weighted by molar-refractivity contribution is 6.31. The second-order valence-electron chi connectivity index (χ2n) is 6.49. The standard InChI is InChI=1S/C20H14ClF3N6O2/c1-32-17-9-29(14-4-2-3-12(7-14)20(22,23)24)28-18(17)19(31)27-15-8-13(21)5-6-16(15)30-11-25-10-26-30/h2-11H,1H3,(H,27,31). The van der Waals surface area contributed by atoms with Crippen LogP contribution in [0.25, 0.3) is 11.4 Å². The number of nitrogens with zero attached hydrogens (tertiary/aromatic N) is 5. The van der Waals surface area contributed by atoms with Gasteiger partial charge >= 0.3 is 6.18 Å². The number of methoxy groups -OCH3 is 1. The van der Waals surface area contributed by atoms with Gasteiger partial charge in [-0.25, -0.2) is 14.3 Å². The molecule has 164 valence electrons. The van der Waals surface area contributed by atoms with Crippen LogP contribution in [0.15, 0.2) is 61.3 Å². The maximum atomic E-state index is 13.1. The van der Waals surface area contributed by atoms with E-state index in [4.69, 9.17) is 16.3 Å². The Morgan fingerprint density at radius 3 is 2.66 bits per heavy atom. The Morgan fingerprint density at radius 2 is 1.97 bits per heavy atom. The smallest absolute Gasteiger partial charge is 0.416 e. The van der Waals surface area contributed by atoms with Gasteiger partial charge in [0.1, 0.15) is 12.7 Å². The fraction of sp³-hybridized carbons (Fsp3) is 0.100. The third kappa shape index (κ3) is 4.28. The summed E-state index contributed by atoms with van der Waals surface area (Å²) in [5.74, 6) is -0.583. The number of benzene rings is 2. The number of nitrogens with one attached hydrogen (secondary N) is 1. The van der Waals surface area contributed by atoms with Crippen molar-refractivity contribution in [3.05, 3.63) is 77.6 Å². The Morgan fingerprint density at radius 1 is 1.16 bits per heavy atom. The van der Waals surface area contributed by atoms with Crippen LogP contribution in [-0.4, -0.2) is 37.6 Å². The van der Waals surface area contributed by atoms with E-state index in [1.807, 2.05) is 0 Å². The highest BCUT2D eigenvalue weighted by Gasteiger charge is 2.31. The maximum absolute atomic E-state index is 13.1. The number of hydrogen-bond acceptors (Lipinski definition) is 5. The van der Waals surface area contributed by atoms with Gasteiger partial charge in [0.05, 0.1) is 35.9 Å². The first-order chi connectivity index (χ1) is 15.3. The third-order valence-corrected chi connectivity index (χ3v) is 4.66. The summed E-state index contributed by atoms with van der Waals surface area (Å²) in [6.07, 6.45) is -0.416. The van der Waals surface area contributed by atoms with Gasteiger partial charge in [0.25, 0.3) is 5.91 Å². The molecule has 0 fully saturated rings. The Labute approximate surface area is 184 Å². The molecule has 1 N–H and O–H groups in total.